The average molecular weight is 668 g/mol. The number of likely N-dealkylation sites (N-methyl/N-ethyl adjacent to an activating group) is 1. The smallest absolute Gasteiger partial charge is 0.408 e. The van der Waals surface area contributed by atoms with Gasteiger partial charge in [-0.25, -0.2) is 9.18 Å². The van der Waals surface area contributed by atoms with E-state index in [-0.39, 0.29) is 43.1 Å². The van der Waals surface area contributed by atoms with Gasteiger partial charge in [0.2, 0.25) is 11.8 Å². The molecule has 2 N–H and O–H groups in total. The summed E-state index contributed by atoms with van der Waals surface area (Å²) in [6.07, 6.45) is 3.10. The fourth-order valence-electron chi connectivity index (χ4n) is 5.20. The summed E-state index contributed by atoms with van der Waals surface area (Å²) in [4.78, 5) is 54.0. The molecule has 0 bridgehead atoms. The summed E-state index contributed by atoms with van der Waals surface area (Å²) in [6.45, 7) is 12.5. The molecule has 10 heteroatoms. The monoisotopic (exact) mass is 667 g/mol. The Kier molecular flexibility index (Phi) is 15.5. The third-order valence-electron chi connectivity index (χ3n) is 8.03. The number of alkyl carbamates (subject to hydrolysis) is 1. The Morgan fingerprint density at radius 1 is 0.917 bits per heavy atom. The lowest BCUT2D eigenvalue weighted by atomic mass is 9.85. The van der Waals surface area contributed by atoms with E-state index in [9.17, 15) is 23.6 Å². The zero-order chi connectivity index (χ0) is 36.1. The van der Waals surface area contributed by atoms with Crippen LogP contribution in [0.15, 0.2) is 66.2 Å². The van der Waals surface area contributed by atoms with Gasteiger partial charge in [0, 0.05) is 20.5 Å². The highest BCUT2D eigenvalue weighted by atomic mass is 19.1. The maximum atomic E-state index is 13.6. The van der Waals surface area contributed by atoms with Gasteiger partial charge in [-0.05, 0) is 90.0 Å². The molecule has 0 heterocycles. The highest BCUT2D eigenvalue weighted by Crippen LogP contribution is 2.29. The Balaban J connectivity index is 2.11. The van der Waals surface area contributed by atoms with Gasteiger partial charge in [-0.15, -0.1) is 0 Å². The first kappa shape index (κ1) is 40.1. The molecule has 2 rings (SSSR count). The standard InChI is InChI=1S/C38H54FN3O6/c1-10-28(26(2)16-22-31(34(44)42(8)9)29-17-20-30(39)21-18-29)19-23-33(43)32(25-47-24-27-14-12-11-13-15-27)40-35(45)38(6,7)41-36(46)48-37(3,4)5/h10-15,17-18,20-21,26,31-32H,16,19,22-25H2,1-9H3,(H,40,45)(H,41,46)/b28-10-/t26?,31?,32-/m1/s1. The Labute approximate surface area is 285 Å². The van der Waals surface area contributed by atoms with Crippen molar-refractivity contribution in [3.05, 3.63) is 83.2 Å². The number of nitrogens with one attached hydrogen (secondary N) is 2. The summed E-state index contributed by atoms with van der Waals surface area (Å²) in [7, 11) is 3.41. The molecule has 0 saturated carbocycles. The van der Waals surface area contributed by atoms with Crippen molar-refractivity contribution < 1.29 is 33.0 Å². The van der Waals surface area contributed by atoms with Crippen molar-refractivity contribution in [2.24, 2.45) is 5.92 Å². The highest BCUT2D eigenvalue weighted by molar-refractivity contribution is 5.94. The number of rotatable bonds is 17. The fourth-order valence-corrected chi connectivity index (χ4v) is 5.20. The summed E-state index contributed by atoms with van der Waals surface area (Å²) in [5, 5.41) is 5.38. The third kappa shape index (κ3) is 13.6. The van der Waals surface area contributed by atoms with Crippen LogP contribution in [0.4, 0.5) is 9.18 Å². The van der Waals surface area contributed by atoms with E-state index in [4.69, 9.17) is 9.47 Å². The van der Waals surface area contributed by atoms with Crippen LogP contribution in [0.25, 0.3) is 0 Å². The first-order valence-corrected chi connectivity index (χ1v) is 16.5. The van der Waals surface area contributed by atoms with Crippen molar-refractivity contribution in [1.82, 2.24) is 15.5 Å². The molecule has 2 unspecified atom stereocenters. The number of allylic oxidation sites excluding steroid dienone is 2. The number of carbonyl (C=O) groups is 4. The van der Waals surface area contributed by atoms with Crippen molar-refractivity contribution in [3.8, 4) is 0 Å². The Hall–Kier alpha value is -4.05. The lowest BCUT2D eigenvalue weighted by Crippen LogP contribution is -2.59. The molecule has 0 saturated heterocycles. The molecule has 0 aliphatic rings. The van der Waals surface area contributed by atoms with Crippen LogP contribution in [-0.2, 0) is 30.5 Å². The van der Waals surface area contributed by atoms with Crippen LogP contribution in [0.3, 0.4) is 0 Å². The number of amides is 3. The molecular formula is C38H54FN3O6. The summed E-state index contributed by atoms with van der Waals surface area (Å²) in [6, 6.07) is 14.6. The van der Waals surface area contributed by atoms with Crippen molar-refractivity contribution in [2.45, 2.75) is 104 Å². The molecule has 48 heavy (non-hydrogen) atoms. The molecule has 3 atom stereocenters. The van der Waals surface area contributed by atoms with E-state index in [1.54, 1.807) is 65.7 Å². The van der Waals surface area contributed by atoms with Gasteiger partial charge in [0.1, 0.15) is 23.0 Å². The van der Waals surface area contributed by atoms with Crippen molar-refractivity contribution in [3.63, 3.8) is 0 Å². The lowest BCUT2D eigenvalue weighted by Gasteiger charge is -2.29. The second-order valence-electron chi connectivity index (χ2n) is 13.9. The van der Waals surface area contributed by atoms with E-state index in [0.717, 1.165) is 16.7 Å². The van der Waals surface area contributed by atoms with Gasteiger partial charge in [0.05, 0.1) is 19.1 Å². The first-order valence-electron chi connectivity index (χ1n) is 16.5. The number of ketones is 1. The average Bonchev–Trinajstić information content (AvgIpc) is 3.00. The van der Waals surface area contributed by atoms with Crippen LogP contribution in [0.2, 0.25) is 0 Å². The predicted octanol–water partition coefficient (Wildman–Crippen LogP) is 6.71. The van der Waals surface area contributed by atoms with Gasteiger partial charge >= 0.3 is 6.09 Å². The Bertz CT molecular complexity index is 1380. The molecule has 0 fully saturated rings. The minimum atomic E-state index is -1.37. The van der Waals surface area contributed by atoms with Crippen LogP contribution < -0.4 is 10.6 Å². The van der Waals surface area contributed by atoms with Gasteiger partial charge in [-0.1, -0.05) is 61.0 Å². The third-order valence-corrected chi connectivity index (χ3v) is 8.03. The van der Waals surface area contributed by atoms with Crippen LogP contribution >= 0.6 is 0 Å². The summed E-state index contributed by atoms with van der Waals surface area (Å²) < 4.78 is 24.8. The number of Topliss-reactive ketones (excluding diaryl/α,β-unsaturated/α-hetero) is 1. The quantitative estimate of drug-likeness (QED) is 0.181. The molecule has 0 radical (unpaired) electrons. The number of hydrogen-bond acceptors (Lipinski definition) is 6. The zero-order valence-corrected chi connectivity index (χ0v) is 30.0. The first-order chi connectivity index (χ1) is 22.4. The number of ether oxygens (including phenoxy) is 2. The van der Waals surface area contributed by atoms with Crippen LogP contribution in [0.5, 0.6) is 0 Å². The van der Waals surface area contributed by atoms with E-state index >= 15 is 0 Å². The Morgan fingerprint density at radius 2 is 1.54 bits per heavy atom. The van der Waals surface area contributed by atoms with Gasteiger partial charge in [-0.2, -0.15) is 0 Å². The summed E-state index contributed by atoms with van der Waals surface area (Å²) in [5.74, 6) is -1.51. The summed E-state index contributed by atoms with van der Waals surface area (Å²) >= 11 is 0. The largest absolute Gasteiger partial charge is 0.444 e. The SMILES string of the molecule is C/C=C(/CCC(=O)[C@@H](COCc1ccccc1)NC(=O)C(C)(C)NC(=O)OC(C)(C)C)C(C)CCC(C(=O)N(C)C)c1ccc(F)cc1. The summed E-state index contributed by atoms with van der Waals surface area (Å²) in [5.41, 5.74) is 0.636. The van der Waals surface area contributed by atoms with Gasteiger partial charge < -0.3 is 25.0 Å². The van der Waals surface area contributed by atoms with Crippen LogP contribution in [0.1, 0.15) is 91.2 Å². The van der Waals surface area contributed by atoms with Crippen molar-refractivity contribution in [2.75, 3.05) is 20.7 Å². The van der Waals surface area contributed by atoms with E-state index < -0.39 is 35.1 Å². The lowest BCUT2D eigenvalue weighted by molar-refractivity contribution is -0.132. The number of nitrogens with zero attached hydrogens (tertiary/aromatic N) is 1. The predicted molar refractivity (Wildman–Crippen MR) is 186 cm³/mol. The van der Waals surface area contributed by atoms with Crippen molar-refractivity contribution in [1.29, 1.82) is 0 Å². The zero-order valence-electron chi connectivity index (χ0n) is 30.0. The van der Waals surface area contributed by atoms with E-state index in [0.29, 0.717) is 19.3 Å². The molecule has 0 aliphatic carbocycles. The molecule has 3 amide bonds. The molecular weight excluding hydrogens is 613 g/mol. The Morgan fingerprint density at radius 3 is 2.10 bits per heavy atom. The maximum Gasteiger partial charge on any atom is 0.408 e. The van der Waals surface area contributed by atoms with Gasteiger partial charge in [0.15, 0.2) is 5.78 Å². The molecule has 2 aromatic rings. The van der Waals surface area contributed by atoms with Crippen LogP contribution in [-0.4, -0.2) is 66.5 Å². The van der Waals surface area contributed by atoms with Crippen LogP contribution in [0, 0.1) is 11.7 Å². The second kappa shape index (κ2) is 18.5. The minimum Gasteiger partial charge on any atom is -0.444 e. The van der Waals surface area contributed by atoms with E-state index in [2.05, 4.69) is 17.6 Å². The van der Waals surface area contributed by atoms with Gasteiger partial charge in [-0.3, -0.25) is 14.4 Å². The second-order valence-corrected chi connectivity index (χ2v) is 13.9. The minimum absolute atomic E-state index is 0.0469. The molecule has 0 aliphatic heterocycles. The normalized spacial score (nSPS) is 14.0. The highest BCUT2D eigenvalue weighted by Gasteiger charge is 2.34. The molecule has 0 aromatic heterocycles. The van der Waals surface area contributed by atoms with Gasteiger partial charge in [0.25, 0.3) is 0 Å². The van der Waals surface area contributed by atoms with E-state index in [1.165, 1.54) is 12.1 Å². The molecule has 264 valence electrons. The topological polar surface area (TPSA) is 114 Å². The molecule has 0 spiro atoms. The number of carbonyl (C=O) groups excluding carboxylic acids is 4. The van der Waals surface area contributed by atoms with Crippen molar-refractivity contribution >= 4 is 23.7 Å². The number of halogens is 1. The number of hydrogen-bond donors (Lipinski definition) is 2. The number of benzene rings is 2. The maximum absolute atomic E-state index is 13.6. The van der Waals surface area contributed by atoms with E-state index in [1.807, 2.05) is 43.3 Å². The molecule has 9 nitrogen and oxygen atoms in total. The molecule has 2 aromatic carbocycles. The fraction of sp³-hybridized carbons (Fsp3) is 0.526.